The molecule has 184 valence electrons. The van der Waals surface area contributed by atoms with E-state index in [1.54, 1.807) is 11.3 Å². The molecule has 0 saturated carbocycles. The van der Waals surface area contributed by atoms with Crippen molar-refractivity contribution in [3.05, 3.63) is 80.3 Å². The Labute approximate surface area is 211 Å². The zero-order valence-electron chi connectivity index (χ0n) is 22.3. The molecule has 0 saturated heterocycles. The number of aliphatic hydroxyl groups is 1. The highest BCUT2D eigenvalue weighted by Crippen LogP contribution is 2.33. The molecule has 2 rings (SSSR count). The van der Waals surface area contributed by atoms with Crippen molar-refractivity contribution in [1.29, 1.82) is 0 Å². The molecule has 0 aliphatic rings. The lowest BCUT2D eigenvalue weighted by Gasteiger charge is -2.22. The fraction of sp³-hybridized carbons (Fsp3) is 0.452. The molecule has 1 atom stereocenters. The number of thiazole rings is 1. The molecule has 1 unspecified atom stereocenters. The van der Waals surface area contributed by atoms with Crippen molar-refractivity contribution in [2.24, 2.45) is 5.92 Å². The zero-order valence-corrected chi connectivity index (χ0v) is 23.1. The number of nitrogens with zero attached hydrogens (tertiary/aromatic N) is 1. The van der Waals surface area contributed by atoms with Crippen molar-refractivity contribution in [3.8, 4) is 0 Å². The Morgan fingerprint density at radius 1 is 1.12 bits per heavy atom. The Kier molecular flexibility index (Phi) is 11.2. The molecule has 0 spiro atoms. The second-order valence-electron chi connectivity index (χ2n) is 9.43. The van der Waals surface area contributed by atoms with Crippen LogP contribution in [0, 0.1) is 26.7 Å². The van der Waals surface area contributed by atoms with E-state index in [9.17, 15) is 5.11 Å². The summed E-state index contributed by atoms with van der Waals surface area (Å²) in [5.74, 6) is 0.518. The molecule has 0 bridgehead atoms. The monoisotopic (exact) mass is 477 g/mol. The van der Waals surface area contributed by atoms with Crippen LogP contribution in [0.1, 0.15) is 92.1 Å². The van der Waals surface area contributed by atoms with Crippen LogP contribution >= 0.6 is 11.3 Å². The maximum atomic E-state index is 9.73. The van der Waals surface area contributed by atoms with Gasteiger partial charge in [-0.1, -0.05) is 70.0 Å². The smallest absolute Gasteiger partial charge is 0.0903 e. The molecule has 1 aromatic carbocycles. The topological polar surface area (TPSA) is 33.1 Å². The van der Waals surface area contributed by atoms with Crippen LogP contribution in [0.25, 0.3) is 17.2 Å². The Hall–Kier alpha value is -2.23. The standard InChI is InChI=1S/C31H43NOS/c1-9-11-13-27(12-10-2)30(18-21(3)20-33)24(6)29-17-14-22(4)28(19-29)16-15-23(5)31-25(7)32-26(8)34-31/h14-19,27,33H,5,9-13,20H2,1-4,6-8H3/b16-15-,21-18+,30-24-. The van der Waals surface area contributed by atoms with Crippen molar-refractivity contribution >= 4 is 28.6 Å². The molecule has 0 aliphatic heterocycles. The minimum atomic E-state index is 0.101. The average Bonchev–Trinajstić information content (AvgIpc) is 3.16. The van der Waals surface area contributed by atoms with E-state index in [0.29, 0.717) is 5.92 Å². The van der Waals surface area contributed by atoms with Crippen LogP contribution in [0.4, 0.5) is 0 Å². The van der Waals surface area contributed by atoms with E-state index >= 15 is 0 Å². The van der Waals surface area contributed by atoms with E-state index in [0.717, 1.165) is 33.1 Å². The summed E-state index contributed by atoms with van der Waals surface area (Å²) in [5.41, 5.74) is 9.46. The summed E-state index contributed by atoms with van der Waals surface area (Å²) in [7, 11) is 0. The first-order valence-corrected chi connectivity index (χ1v) is 13.4. The summed E-state index contributed by atoms with van der Waals surface area (Å²) >= 11 is 1.70. The summed E-state index contributed by atoms with van der Waals surface area (Å²) in [6.45, 7) is 19.4. The van der Waals surface area contributed by atoms with Gasteiger partial charge in [0.15, 0.2) is 0 Å². The van der Waals surface area contributed by atoms with Crippen molar-refractivity contribution in [2.75, 3.05) is 6.61 Å². The summed E-state index contributed by atoms with van der Waals surface area (Å²) in [4.78, 5) is 5.70. The van der Waals surface area contributed by atoms with E-state index in [4.69, 9.17) is 0 Å². The Morgan fingerprint density at radius 2 is 1.85 bits per heavy atom. The van der Waals surface area contributed by atoms with Crippen LogP contribution in [0.2, 0.25) is 0 Å². The number of hydrogen-bond donors (Lipinski definition) is 1. The van der Waals surface area contributed by atoms with Crippen molar-refractivity contribution in [3.63, 3.8) is 0 Å². The second-order valence-corrected chi connectivity index (χ2v) is 10.6. The van der Waals surface area contributed by atoms with Crippen LogP contribution < -0.4 is 0 Å². The van der Waals surface area contributed by atoms with Crippen LogP contribution in [-0.2, 0) is 0 Å². The van der Waals surface area contributed by atoms with Crippen LogP contribution in [0.5, 0.6) is 0 Å². The predicted octanol–water partition coefficient (Wildman–Crippen LogP) is 9.11. The van der Waals surface area contributed by atoms with Gasteiger partial charge in [0.1, 0.15) is 0 Å². The van der Waals surface area contributed by atoms with Crippen molar-refractivity contribution in [1.82, 2.24) is 4.98 Å². The van der Waals surface area contributed by atoms with E-state index in [1.165, 1.54) is 53.5 Å². The SMILES string of the molecule is C=C(/C=C\c1cc(/C(C)=C(/C=C(\C)CO)C(CCC)CCCC)ccc1C)c1sc(C)nc1C. The molecule has 0 radical (unpaired) electrons. The summed E-state index contributed by atoms with van der Waals surface area (Å²) in [6, 6.07) is 6.74. The minimum absolute atomic E-state index is 0.101. The van der Waals surface area contributed by atoms with Gasteiger partial charge in [-0.25, -0.2) is 4.98 Å². The van der Waals surface area contributed by atoms with E-state index in [2.05, 4.69) is 75.7 Å². The lowest BCUT2D eigenvalue weighted by atomic mass is 9.83. The van der Waals surface area contributed by atoms with Crippen molar-refractivity contribution in [2.45, 2.75) is 80.6 Å². The van der Waals surface area contributed by atoms with E-state index in [-0.39, 0.29) is 6.61 Å². The molecule has 2 nitrogen and oxygen atoms in total. The molecule has 0 aliphatic carbocycles. The maximum Gasteiger partial charge on any atom is 0.0903 e. The molecule has 0 amide bonds. The molecular formula is C31H43NOS. The van der Waals surface area contributed by atoms with Crippen LogP contribution in [-0.4, -0.2) is 16.7 Å². The van der Waals surface area contributed by atoms with Crippen molar-refractivity contribution < 1.29 is 5.11 Å². The molecule has 1 aromatic heterocycles. The first-order valence-electron chi connectivity index (χ1n) is 12.6. The number of unbranched alkanes of at least 4 members (excludes halogenated alkanes) is 1. The van der Waals surface area contributed by atoms with Gasteiger partial charge in [-0.05, 0) is 98.4 Å². The minimum Gasteiger partial charge on any atom is -0.392 e. The first-order chi connectivity index (χ1) is 16.2. The first kappa shape index (κ1) is 28.0. The fourth-order valence-electron chi connectivity index (χ4n) is 4.41. The van der Waals surface area contributed by atoms with Gasteiger partial charge >= 0.3 is 0 Å². The quantitative estimate of drug-likeness (QED) is 0.309. The number of allylic oxidation sites excluding steroid dienone is 5. The number of benzene rings is 1. The largest absolute Gasteiger partial charge is 0.392 e. The predicted molar refractivity (Wildman–Crippen MR) is 152 cm³/mol. The molecule has 1 heterocycles. The number of hydrogen-bond acceptors (Lipinski definition) is 3. The third-order valence-electron chi connectivity index (χ3n) is 6.44. The lowest BCUT2D eigenvalue weighted by molar-refractivity contribution is 0.331. The maximum absolute atomic E-state index is 9.73. The highest BCUT2D eigenvalue weighted by Gasteiger charge is 2.16. The van der Waals surface area contributed by atoms with Gasteiger partial charge in [0, 0.05) is 0 Å². The number of aryl methyl sites for hydroxylation is 3. The molecule has 0 fully saturated rings. The third-order valence-corrected chi connectivity index (χ3v) is 7.59. The number of aliphatic hydroxyl groups excluding tert-OH is 1. The summed E-state index contributed by atoms with van der Waals surface area (Å²) in [5, 5.41) is 10.8. The Balaban J connectivity index is 2.49. The summed E-state index contributed by atoms with van der Waals surface area (Å²) < 4.78 is 0. The Bertz CT molecular complexity index is 1070. The third kappa shape index (κ3) is 7.65. The van der Waals surface area contributed by atoms with E-state index in [1.807, 2.05) is 20.8 Å². The lowest BCUT2D eigenvalue weighted by Crippen LogP contribution is -2.06. The van der Waals surface area contributed by atoms with Crippen LogP contribution in [0.15, 0.2) is 48.1 Å². The average molecular weight is 478 g/mol. The van der Waals surface area contributed by atoms with Gasteiger partial charge < -0.3 is 5.11 Å². The van der Waals surface area contributed by atoms with Gasteiger partial charge in [-0.2, -0.15) is 0 Å². The highest BCUT2D eigenvalue weighted by atomic mass is 32.1. The molecule has 1 N–H and O–H groups in total. The van der Waals surface area contributed by atoms with E-state index < -0.39 is 0 Å². The van der Waals surface area contributed by atoms with Gasteiger partial charge in [-0.15, -0.1) is 11.3 Å². The fourth-order valence-corrected chi connectivity index (χ4v) is 5.28. The zero-order chi connectivity index (χ0) is 25.3. The van der Waals surface area contributed by atoms with Gasteiger partial charge in [0.05, 0.1) is 22.2 Å². The normalized spacial score (nSPS) is 13.9. The number of aromatic nitrogens is 1. The number of rotatable bonds is 12. The Morgan fingerprint density at radius 3 is 2.44 bits per heavy atom. The highest BCUT2D eigenvalue weighted by molar-refractivity contribution is 7.12. The molecular weight excluding hydrogens is 434 g/mol. The van der Waals surface area contributed by atoms with Crippen LogP contribution in [0.3, 0.4) is 0 Å². The van der Waals surface area contributed by atoms with Gasteiger partial charge in [0.2, 0.25) is 0 Å². The molecule has 3 heteroatoms. The molecule has 2 aromatic rings. The second kappa shape index (κ2) is 13.6. The van der Waals surface area contributed by atoms with Gasteiger partial charge in [-0.3, -0.25) is 0 Å². The summed E-state index contributed by atoms with van der Waals surface area (Å²) in [6.07, 6.45) is 12.5. The molecule has 34 heavy (non-hydrogen) atoms. The van der Waals surface area contributed by atoms with Gasteiger partial charge in [0.25, 0.3) is 0 Å².